The highest BCUT2D eigenvalue weighted by Crippen LogP contribution is 2.33. The van der Waals surface area contributed by atoms with Crippen LogP contribution in [-0.2, 0) is 4.79 Å². The zero-order valence-electron chi connectivity index (χ0n) is 18.7. The fourth-order valence-corrected chi connectivity index (χ4v) is 4.59. The summed E-state index contributed by atoms with van der Waals surface area (Å²) in [5.41, 5.74) is 8.97. The molecule has 1 aliphatic rings. The van der Waals surface area contributed by atoms with Gasteiger partial charge in [-0.2, -0.15) is 0 Å². The van der Waals surface area contributed by atoms with E-state index >= 15 is 0 Å². The van der Waals surface area contributed by atoms with Gasteiger partial charge in [-0.3, -0.25) is 9.78 Å². The van der Waals surface area contributed by atoms with Gasteiger partial charge in [0.15, 0.2) is 0 Å². The summed E-state index contributed by atoms with van der Waals surface area (Å²) in [6, 6.07) is 15.0. The second kappa shape index (κ2) is 8.11. The number of carbonyl (C=O) groups excluding carboxylic acids is 1. The lowest BCUT2D eigenvalue weighted by Crippen LogP contribution is -2.45. The number of rotatable bonds is 4. The topological polar surface area (TPSA) is 65.1 Å². The lowest BCUT2D eigenvalue weighted by Gasteiger charge is -2.33. The third-order valence-electron chi connectivity index (χ3n) is 6.30. The number of fused-ring (bicyclic) bond motifs is 1. The molecule has 1 amide bonds. The number of amides is 1. The van der Waals surface area contributed by atoms with Crippen LogP contribution >= 0.6 is 0 Å². The molecule has 0 unspecified atom stereocenters. The molecule has 162 valence electrons. The summed E-state index contributed by atoms with van der Waals surface area (Å²) < 4.78 is 0. The Balaban J connectivity index is 1.43. The van der Waals surface area contributed by atoms with Gasteiger partial charge in [-0.15, -0.1) is 0 Å². The van der Waals surface area contributed by atoms with Crippen molar-refractivity contribution in [2.24, 2.45) is 0 Å². The highest BCUT2D eigenvalue weighted by atomic mass is 16.1. The monoisotopic (exact) mass is 425 g/mol. The molecule has 4 heterocycles. The normalized spacial score (nSPS) is 14.2. The molecule has 1 saturated heterocycles. The molecule has 4 aromatic rings. The Morgan fingerprint density at radius 3 is 2.25 bits per heavy atom. The number of aryl methyl sites for hydroxylation is 3. The number of anilines is 1. The number of carbonyl (C=O) groups is 1. The Kier molecular flexibility index (Phi) is 5.13. The minimum Gasteiger partial charge on any atom is -0.354 e. The molecule has 0 atom stereocenters. The van der Waals surface area contributed by atoms with Gasteiger partial charge in [0.2, 0.25) is 6.41 Å². The van der Waals surface area contributed by atoms with Crippen molar-refractivity contribution in [2.75, 3.05) is 31.1 Å². The summed E-state index contributed by atoms with van der Waals surface area (Å²) >= 11 is 0. The molecule has 0 aliphatic carbocycles. The molecule has 1 aromatic carbocycles. The summed E-state index contributed by atoms with van der Waals surface area (Å²) in [5, 5.41) is 1.23. The van der Waals surface area contributed by atoms with E-state index in [4.69, 9.17) is 4.98 Å². The number of piperazine rings is 1. The second-order valence-electron chi connectivity index (χ2n) is 8.56. The average Bonchev–Trinajstić information content (AvgIpc) is 3.14. The molecule has 1 fully saturated rings. The largest absolute Gasteiger partial charge is 0.354 e. The van der Waals surface area contributed by atoms with Gasteiger partial charge in [0.05, 0.1) is 0 Å². The Hall–Kier alpha value is -3.67. The zero-order chi connectivity index (χ0) is 22.2. The van der Waals surface area contributed by atoms with Crippen molar-refractivity contribution in [1.82, 2.24) is 19.9 Å². The number of nitrogens with one attached hydrogen (secondary N) is 1. The molecule has 3 aromatic heterocycles. The molecule has 0 saturated carbocycles. The van der Waals surface area contributed by atoms with E-state index in [0.29, 0.717) is 0 Å². The average molecular weight is 426 g/mol. The molecule has 0 bridgehead atoms. The summed E-state index contributed by atoms with van der Waals surface area (Å²) in [7, 11) is 0. The fraction of sp³-hybridized carbons (Fsp3) is 0.269. The number of H-pyrrole nitrogens is 1. The quantitative estimate of drug-likeness (QED) is 0.489. The maximum Gasteiger partial charge on any atom is 0.209 e. The first-order valence-electron chi connectivity index (χ1n) is 11.0. The maximum atomic E-state index is 10.9. The van der Waals surface area contributed by atoms with Crippen molar-refractivity contribution in [3.63, 3.8) is 0 Å². The molecule has 0 spiro atoms. The molecule has 32 heavy (non-hydrogen) atoms. The van der Waals surface area contributed by atoms with Crippen LogP contribution in [0.4, 0.5) is 5.82 Å². The first-order valence-corrected chi connectivity index (χ1v) is 11.0. The molecule has 0 radical (unpaired) electrons. The smallest absolute Gasteiger partial charge is 0.209 e. The third-order valence-corrected chi connectivity index (χ3v) is 6.30. The summed E-state index contributed by atoms with van der Waals surface area (Å²) in [6.07, 6.45) is 2.86. The van der Waals surface area contributed by atoms with Gasteiger partial charge in [0, 0.05) is 71.5 Å². The predicted octanol–water partition coefficient (Wildman–Crippen LogP) is 4.50. The highest BCUT2D eigenvalue weighted by molar-refractivity contribution is 5.93. The van der Waals surface area contributed by atoms with Crippen LogP contribution in [0, 0.1) is 20.8 Å². The van der Waals surface area contributed by atoms with Crippen LogP contribution in [0.25, 0.3) is 33.3 Å². The number of pyridine rings is 2. The third kappa shape index (κ3) is 3.73. The van der Waals surface area contributed by atoms with Crippen LogP contribution in [0.2, 0.25) is 0 Å². The van der Waals surface area contributed by atoms with E-state index < -0.39 is 0 Å². The van der Waals surface area contributed by atoms with E-state index in [2.05, 4.69) is 64.3 Å². The Morgan fingerprint density at radius 2 is 1.59 bits per heavy atom. The van der Waals surface area contributed by atoms with Crippen molar-refractivity contribution in [2.45, 2.75) is 20.8 Å². The fourth-order valence-electron chi connectivity index (χ4n) is 4.59. The van der Waals surface area contributed by atoms with Crippen LogP contribution in [0.5, 0.6) is 0 Å². The molecule has 1 N–H and O–H groups in total. The van der Waals surface area contributed by atoms with Gasteiger partial charge in [0.25, 0.3) is 0 Å². The lowest BCUT2D eigenvalue weighted by atomic mass is 10.0. The molecule has 5 rings (SSSR count). The second-order valence-corrected chi connectivity index (χ2v) is 8.56. The Labute approximate surface area is 187 Å². The number of hydrogen-bond acceptors (Lipinski definition) is 4. The number of benzene rings is 1. The van der Waals surface area contributed by atoms with Gasteiger partial charge in [-0.05, 0) is 62.2 Å². The molecule has 1 aliphatic heterocycles. The highest BCUT2D eigenvalue weighted by Gasteiger charge is 2.17. The van der Waals surface area contributed by atoms with E-state index in [9.17, 15) is 4.79 Å². The minimum atomic E-state index is 0.745. The predicted molar refractivity (Wildman–Crippen MR) is 129 cm³/mol. The first-order chi connectivity index (χ1) is 15.5. The van der Waals surface area contributed by atoms with Gasteiger partial charge < -0.3 is 14.8 Å². The zero-order valence-corrected chi connectivity index (χ0v) is 18.7. The Bertz CT molecular complexity index is 1260. The van der Waals surface area contributed by atoms with Crippen molar-refractivity contribution in [3.05, 3.63) is 65.6 Å². The summed E-state index contributed by atoms with van der Waals surface area (Å²) in [6.45, 7) is 9.35. The molecular weight excluding hydrogens is 398 g/mol. The summed E-state index contributed by atoms with van der Waals surface area (Å²) in [5.74, 6) is 0.960. The van der Waals surface area contributed by atoms with Crippen molar-refractivity contribution in [1.29, 1.82) is 0 Å². The van der Waals surface area contributed by atoms with Crippen LogP contribution < -0.4 is 4.90 Å². The number of aromatic nitrogens is 3. The number of aromatic amines is 1. The van der Waals surface area contributed by atoms with Gasteiger partial charge in [-0.1, -0.05) is 12.1 Å². The minimum absolute atomic E-state index is 0.745. The SMILES string of the molecule is Cc1cc(-c2[nH]c3cc(-c4ccc(N5CCN(C=O)CC5)nc4)ccc3c2C)cc(C)n1. The van der Waals surface area contributed by atoms with Crippen LogP contribution in [0.15, 0.2) is 48.7 Å². The Morgan fingerprint density at radius 1 is 0.875 bits per heavy atom. The summed E-state index contributed by atoms with van der Waals surface area (Å²) in [4.78, 5) is 27.8. The van der Waals surface area contributed by atoms with E-state index in [1.807, 2.05) is 20.0 Å². The molecular formula is C26H27N5O. The van der Waals surface area contributed by atoms with Crippen molar-refractivity contribution < 1.29 is 4.79 Å². The van der Waals surface area contributed by atoms with Crippen molar-refractivity contribution >= 4 is 23.1 Å². The number of hydrogen-bond donors (Lipinski definition) is 1. The molecule has 6 heteroatoms. The van der Waals surface area contributed by atoms with Gasteiger partial charge in [0.1, 0.15) is 5.82 Å². The van der Waals surface area contributed by atoms with Gasteiger partial charge >= 0.3 is 0 Å². The number of nitrogens with zero attached hydrogens (tertiary/aromatic N) is 4. The first kappa shape index (κ1) is 20.2. The van der Waals surface area contributed by atoms with Crippen LogP contribution in [-0.4, -0.2) is 52.4 Å². The van der Waals surface area contributed by atoms with E-state index in [-0.39, 0.29) is 0 Å². The van der Waals surface area contributed by atoms with Crippen LogP contribution in [0.3, 0.4) is 0 Å². The van der Waals surface area contributed by atoms with Crippen LogP contribution in [0.1, 0.15) is 17.0 Å². The van der Waals surface area contributed by atoms with E-state index in [1.165, 1.54) is 16.5 Å². The van der Waals surface area contributed by atoms with E-state index in [1.54, 1.807) is 4.90 Å². The van der Waals surface area contributed by atoms with E-state index in [0.717, 1.165) is 72.1 Å². The van der Waals surface area contributed by atoms with Crippen molar-refractivity contribution in [3.8, 4) is 22.4 Å². The van der Waals surface area contributed by atoms with Gasteiger partial charge in [-0.25, -0.2) is 4.98 Å². The standard InChI is InChI=1S/C26H27N5O/c1-17-12-22(13-18(2)28-17)26-19(3)23-6-4-20(14-24(23)29-26)21-5-7-25(27-15-21)31-10-8-30(16-32)9-11-31/h4-7,12-16,29H,8-11H2,1-3H3. The maximum absolute atomic E-state index is 10.9. The molecule has 6 nitrogen and oxygen atoms in total. The lowest BCUT2D eigenvalue weighted by molar-refractivity contribution is -0.118.